The van der Waals surface area contributed by atoms with Gasteiger partial charge in [-0.3, -0.25) is 4.79 Å². The fourth-order valence-corrected chi connectivity index (χ4v) is 7.09. The van der Waals surface area contributed by atoms with Crippen molar-refractivity contribution in [2.45, 2.75) is 207 Å². The van der Waals surface area contributed by atoms with Gasteiger partial charge in [0.2, 0.25) is 0 Å². The second-order valence-corrected chi connectivity index (χ2v) is 14.7. The van der Waals surface area contributed by atoms with Crippen molar-refractivity contribution in [1.29, 1.82) is 0 Å². The molecule has 0 aliphatic carbocycles. The van der Waals surface area contributed by atoms with Crippen LogP contribution >= 0.6 is 0 Å². The summed E-state index contributed by atoms with van der Waals surface area (Å²) in [5.74, 6) is 0.843. The normalized spacial score (nSPS) is 11.4. The first-order valence-electron chi connectivity index (χ1n) is 20.7. The highest BCUT2D eigenvalue weighted by Crippen LogP contribution is 2.33. The maximum atomic E-state index is 14.3. The van der Waals surface area contributed by atoms with E-state index in [1.165, 1.54) is 103 Å². The van der Waals surface area contributed by atoms with E-state index in [9.17, 15) is 15.0 Å². The van der Waals surface area contributed by atoms with Gasteiger partial charge in [-0.1, -0.05) is 156 Å². The van der Waals surface area contributed by atoms with E-state index in [0.29, 0.717) is 22.6 Å². The fraction of sp³-hybridized carbons (Fsp3) is 0.711. The molecule has 0 fully saturated rings. The van der Waals surface area contributed by atoms with Gasteiger partial charge in [0.1, 0.15) is 11.5 Å². The van der Waals surface area contributed by atoms with Gasteiger partial charge in [-0.15, -0.1) is 0 Å². The Bertz CT molecular complexity index is 972. The topological polar surface area (TPSA) is 57.5 Å². The van der Waals surface area contributed by atoms with Crippen LogP contribution in [0.2, 0.25) is 0 Å². The lowest BCUT2D eigenvalue weighted by atomic mass is 9.90. The van der Waals surface area contributed by atoms with E-state index >= 15 is 0 Å². The molecule has 2 rings (SSSR count). The Kier molecular flexibility index (Phi) is 23.2. The zero-order valence-electron chi connectivity index (χ0n) is 31.9. The number of phenols is 2. The van der Waals surface area contributed by atoms with Gasteiger partial charge >= 0.3 is 0 Å². The van der Waals surface area contributed by atoms with Crippen molar-refractivity contribution in [1.82, 2.24) is 0 Å². The number of hydrogen-bond donors (Lipinski definition) is 2. The summed E-state index contributed by atoms with van der Waals surface area (Å²) < 4.78 is 0. The molecule has 0 aliphatic rings. The van der Waals surface area contributed by atoms with Crippen LogP contribution in [0.4, 0.5) is 0 Å². The lowest BCUT2D eigenvalue weighted by Crippen LogP contribution is -2.07. The van der Waals surface area contributed by atoms with Crippen LogP contribution in [-0.2, 0) is 25.7 Å². The first kappa shape index (κ1) is 41.9. The van der Waals surface area contributed by atoms with Gasteiger partial charge < -0.3 is 10.2 Å². The first-order valence-corrected chi connectivity index (χ1v) is 20.7. The van der Waals surface area contributed by atoms with Gasteiger partial charge in [0.05, 0.1) is 0 Å². The SMILES string of the molecule is CCCCCCCCc1cc(C(=O)c2cc(CCCCCCCC)c(O)c(CCCCCCCC)c2)cc(CCCCCCCC)c1O. The number of rotatable bonds is 30. The van der Waals surface area contributed by atoms with E-state index in [-0.39, 0.29) is 5.78 Å². The first-order chi connectivity index (χ1) is 23.5. The quantitative estimate of drug-likeness (QED) is 0.0646. The van der Waals surface area contributed by atoms with Crippen LogP contribution in [0, 0.1) is 0 Å². The van der Waals surface area contributed by atoms with Gasteiger partial charge in [-0.2, -0.15) is 0 Å². The number of carbonyl (C=O) groups is 1. The lowest BCUT2D eigenvalue weighted by Gasteiger charge is -2.16. The number of aromatic hydroxyl groups is 2. The van der Waals surface area contributed by atoms with Crippen molar-refractivity contribution in [2.75, 3.05) is 0 Å². The fourth-order valence-electron chi connectivity index (χ4n) is 7.09. The number of benzene rings is 2. The van der Waals surface area contributed by atoms with E-state index in [1.54, 1.807) is 0 Å². The number of ketones is 1. The Morgan fingerprint density at radius 3 is 0.812 bits per heavy atom. The van der Waals surface area contributed by atoms with Crippen LogP contribution in [0.1, 0.15) is 220 Å². The molecule has 3 nitrogen and oxygen atoms in total. The Labute approximate surface area is 296 Å². The van der Waals surface area contributed by atoms with Crippen LogP contribution in [-0.4, -0.2) is 16.0 Å². The maximum absolute atomic E-state index is 14.3. The Morgan fingerprint density at radius 1 is 0.375 bits per heavy atom. The molecule has 2 N–H and O–H groups in total. The molecule has 0 aromatic heterocycles. The number of hydrogen-bond acceptors (Lipinski definition) is 3. The van der Waals surface area contributed by atoms with Crippen molar-refractivity contribution in [3.8, 4) is 11.5 Å². The summed E-state index contributed by atoms with van der Waals surface area (Å²) in [7, 11) is 0. The minimum absolute atomic E-state index is 0.0248. The van der Waals surface area contributed by atoms with Crippen LogP contribution in [0.3, 0.4) is 0 Å². The summed E-state index contributed by atoms with van der Waals surface area (Å²) in [6, 6.07) is 7.90. The monoisotopic (exact) mass is 663 g/mol. The minimum atomic E-state index is 0.0248. The highest BCUT2D eigenvalue weighted by molar-refractivity contribution is 6.09. The molecule has 0 unspecified atom stereocenters. The Balaban J connectivity index is 2.32. The lowest BCUT2D eigenvalue weighted by molar-refractivity contribution is 0.103. The average Bonchev–Trinajstić information content (AvgIpc) is 3.09. The van der Waals surface area contributed by atoms with E-state index in [0.717, 1.165) is 99.3 Å². The molecule has 3 heteroatoms. The highest BCUT2D eigenvalue weighted by atomic mass is 16.3. The summed E-state index contributed by atoms with van der Waals surface area (Å²) in [6.45, 7) is 8.98. The van der Waals surface area contributed by atoms with Crippen LogP contribution in [0.15, 0.2) is 24.3 Å². The largest absolute Gasteiger partial charge is 0.507 e. The van der Waals surface area contributed by atoms with Crippen LogP contribution in [0.25, 0.3) is 0 Å². The van der Waals surface area contributed by atoms with Crippen LogP contribution < -0.4 is 0 Å². The number of phenolic OH excluding ortho intramolecular Hbond substituents is 2. The van der Waals surface area contributed by atoms with Crippen molar-refractivity contribution < 1.29 is 15.0 Å². The Morgan fingerprint density at radius 2 is 0.583 bits per heavy atom. The zero-order valence-corrected chi connectivity index (χ0v) is 31.9. The maximum Gasteiger partial charge on any atom is 0.193 e. The van der Waals surface area contributed by atoms with Crippen molar-refractivity contribution in [2.24, 2.45) is 0 Å². The third kappa shape index (κ3) is 16.4. The van der Waals surface area contributed by atoms with Gasteiger partial charge in [0, 0.05) is 11.1 Å². The summed E-state index contributed by atoms with van der Waals surface area (Å²) in [5.41, 5.74) is 5.09. The van der Waals surface area contributed by atoms with E-state index in [1.807, 2.05) is 24.3 Å². The summed E-state index contributed by atoms with van der Waals surface area (Å²) >= 11 is 0. The van der Waals surface area contributed by atoms with E-state index in [2.05, 4.69) is 27.7 Å². The third-order valence-corrected chi connectivity index (χ3v) is 10.3. The number of carbonyl (C=O) groups excluding carboxylic acids is 1. The standard InChI is InChI=1S/C45H74O3/c1-5-9-13-17-21-25-29-37-33-41(34-38(43(37)46)30-26-22-18-14-10-6-2)45(48)42-35-39(31-27-23-19-15-11-7-3)44(47)40(36-42)32-28-24-20-16-12-8-4/h33-36,46-47H,5-32H2,1-4H3. The molecule has 48 heavy (non-hydrogen) atoms. The second kappa shape index (κ2) is 26.6. The zero-order chi connectivity index (χ0) is 34.8. The molecule has 0 spiro atoms. The van der Waals surface area contributed by atoms with Gasteiger partial charge in [-0.05, 0) is 97.9 Å². The summed E-state index contributed by atoms with van der Waals surface area (Å²) in [6.07, 6.45) is 32.1. The highest BCUT2D eigenvalue weighted by Gasteiger charge is 2.19. The molecule has 0 atom stereocenters. The molecular formula is C45H74O3. The summed E-state index contributed by atoms with van der Waals surface area (Å²) in [5, 5.41) is 22.8. The molecule has 0 saturated carbocycles. The van der Waals surface area contributed by atoms with Gasteiger partial charge in [0.15, 0.2) is 5.78 Å². The second-order valence-electron chi connectivity index (χ2n) is 14.7. The molecule has 2 aromatic carbocycles. The minimum Gasteiger partial charge on any atom is -0.507 e. The van der Waals surface area contributed by atoms with E-state index in [4.69, 9.17) is 0 Å². The van der Waals surface area contributed by atoms with Crippen molar-refractivity contribution in [3.05, 3.63) is 57.6 Å². The van der Waals surface area contributed by atoms with Gasteiger partial charge in [0.25, 0.3) is 0 Å². The predicted octanol–water partition coefficient (Wildman–Crippen LogP) is 13.9. The average molecular weight is 663 g/mol. The third-order valence-electron chi connectivity index (χ3n) is 10.3. The molecule has 0 aliphatic heterocycles. The molecule has 0 heterocycles. The molecule has 0 radical (unpaired) electrons. The molecule has 272 valence electrons. The predicted molar refractivity (Wildman–Crippen MR) is 208 cm³/mol. The molecule has 0 amide bonds. The van der Waals surface area contributed by atoms with Crippen molar-refractivity contribution >= 4 is 5.78 Å². The number of unbranched alkanes of at least 4 members (excludes halogenated alkanes) is 20. The number of aryl methyl sites for hydroxylation is 4. The molecule has 0 saturated heterocycles. The smallest absolute Gasteiger partial charge is 0.193 e. The molecular weight excluding hydrogens is 588 g/mol. The summed E-state index contributed by atoms with van der Waals surface area (Å²) in [4.78, 5) is 14.3. The molecule has 2 aromatic rings. The van der Waals surface area contributed by atoms with Crippen LogP contribution in [0.5, 0.6) is 11.5 Å². The van der Waals surface area contributed by atoms with E-state index < -0.39 is 0 Å². The van der Waals surface area contributed by atoms with Crippen molar-refractivity contribution in [3.63, 3.8) is 0 Å². The Hall–Kier alpha value is -2.29. The van der Waals surface area contributed by atoms with Gasteiger partial charge in [-0.25, -0.2) is 0 Å². The molecule has 0 bridgehead atoms.